The van der Waals surface area contributed by atoms with E-state index in [0.717, 1.165) is 0 Å². The molecule has 0 unspecified atom stereocenters. The maximum Gasteiger partial charge on any atom is 0.422 e. The first-order chi connectivity index (χ1) is 7.58. The van der Waals surface area contributed by atoms with Crippen LogP contribution in [0.15, 0.2) is 6.07 Å². The van der Waals surface area contributed by atoms with Gasteiger partial charge < -0.3 is 10.5 Å². The summed E-state index contributed by atoms with van der Waals surface area (Å²) in [5.41, 5.74) is 5.07. The Bertz CT molecular complexity index is 399. The summed E-state index contributed by atoms with van der Waals surface area (Å²) in [5, 5.41) is 0. The first-order valence-corrected chi connectivity index (χ1v) is 4.92. The van der Waals surface area contributed by atoms with Gasteiger partial charge in [-0.3, -0.25) is 0 Å². The molecule has 2 N–H and O–H groups in total. The van der Waals surface area contributed by atoms with Crippen molar-refractivity contribution < 1.29 is 17.9 Å². The van der Waals surface area contributed by atoms with Crippen molar-refractivity contribution in [1.29, 1.82) is 0 Å². The van der Waals surface area contributed by atoms with Gasteiger partial charge in [-0.1, -0.05) is 20.8 Å². The van der Waals surface area contributed by atoms with Crippen LogP contribution in [0.1, 0.15) is 26.6 Å². The Morgan fingerprint density at radius 1 is 1.24 bits per heavy atom. The lowest BCUT2D eigenvalue weighted by Gasteiger charge is -2.18. The molecule has 1 rings (SSSR count). The highest BCUT2D eigenvalue weighted by atomic mass is 19.4. The Morgan fingerprint density at radius 2 is 1.82 bits per heavy atom. The van der Waals surface area contributed by atoms with Crippen molar-refractivity contribution >= 4 is 5.82 Å². The summed E-state index contributed by atoms with van der Waals surface area (Å²) in [4.78, 5) is 7.85. The van der Waals surface area contributed by atoms with Crippen LogP contribution in [-0.4, -0.2) is 22.8 Å². The number of nitrogen functional groups attached to an aromatic ring is 1. The van der Waals surface area contributed by atoms with Gasteiger partial charge in [0.2, 0.25) is 5.88 Å². The molecule has 0 atom stereocenters. The molecular weight excluding hydrogens is 235 g/mol. The number of hydrogen-bond acceptors (Lipinski definition) is 4. The predicted molar refractivity (Wildman–Crippen MR) is 56.7 cm³/mol. The molecule has 0 fully saturated rings. The summed E-state index contributed by atoms with van der Waals surface area (Å²) in [6.07, 6.45) is -4.40. The summed E-state index contributed by atoms with van der Waals surface area (Å²) in [6.45, 7) is 4.09. The van der Waals surface area contributed by atoms with Crippen LogP contribution >= 0.6 is 0 Å². The molecule has 0 saturated heterocycles. The molecule has 17 heavy (non-hydrogen) atoms. The topological polar surface area (TPSA) is 61.0 Å². The van der Waals surface area contributed by atoms with E-state index in [9.17, 15) is 13.2 Å². The number of anilines is 1. The number of rotatable bonds is 2. The second-order valence-corrected chi connectivity index (χ2v) is 4.61. The summed E-state index contributed by atoms with van der Waals surface area (Å²) < 4.78 is 40.5. The predicted octanol–water partition coefficient (Wildman–Crippen LogP) is 2.30. The molecule has 0 bridgehead atoms. The second kappa shape index (κ2) is 4.38. The molecule has 0 saturated carbocycles. The van der Waals surface area contributed by atoms with E-state index < -0.39 is 18.2 Å². The van der Waals surface area contributed by atoms with Crippen molar-refractivity contribution in [3.05, 3.63) is 11.9 Å². The summed E-state index contributed by atoms with van der Waals surface area (Å²) in [7, 11) is 0. The Balaban J connectivity index is 2.91. The highest BCUT2D eigenvalue weighted by Gasteiger charge is 2.29. The van der Waals surface area contributed by atoms with Crippen LogP contribution in [0.3, 0.4) is 0 Å². The molecule has 0 spiro atoms. The van der Waals surface area contributed by atoms with Crippen LogP contribution in [-0.2, 0) is 5.41 Å². The largest absolute Gasteiger partial charge is 0.468 e. The molecule has 4 nitrogen and oxygen atoms in total. The Kier molecular flexibility index (Phi) is 3.49. The van der Waals surface area contributed by atoms with E-state index in [2.05, 4.69) is 14.7 Å². The van der Waals surface area contributed by atoms with Gasteiger partial charge in [0.1, 0.15) is 11.6 Å². The minimum absolute atomic E-state index is 0.0853. The maximum absolute atomic E-state index is 12.0. The Morgan fingerprint density at radius 3 is 2.29 bits per heavy atom. The zero-order valence-electron chi connectivity index (χ0n) is 9.80. The van der Waals surface area contributed by atoms with Crippen LogP contribution in [0.25, 0.3) is 0 Å². The number of ether oxygens (including phenoxy) is 1. The van der Waals surface area contributed by atoms with Crippen molar-refractivity contribution in [1.82, 2.24) is 9.97 Å². The molecule has 0 radical (unpaired) electrons. The summed E-state index contributed by atoms with van der Waals surface area (Å²) >= 11 is 0. The molecule has 0 amide bonds. The molecule has 1 heterocycles. The zero-order chi connectivity index (χ0) is 13.3. The molecule has 0 aliphatic carbocycles. The third-order valence-corrected chi connectivity index (χ3v) is 1.78. The van der Waals surface area contributed by atoms with Crippen molar-refractivity contribution in [3.63, 3.8) is 0 Å². The fraction of sp³-hybridized carbons (Fsp3) is 0.600. The number of halogens is 3. The first-order valence-electron chi connectivity index (χ1n) is 4.92. The van der Waals surface area contributed by atoms with Crippen LogP contribution in [0.5, 0.6) is 5.88 Å². The SMILES string of the molecule is CC(C)(C)c1nc(N)cc(OCC(F)(F)F)n1. The van der Waals surface area contributed by atoms with E-state index >= 15 is 0 Å². The third kappa shape index (κ3) is 4.46. The first kappa shape index (κ1) is 13.5. The van der Waals surface area contributed by atoms with Gasteiger partial charge >= 0.3 is 6.18 Å². The second-order valence-electron chi connectivity index (χ2n) is 4.61. The van der Waals surface area contributed by atoms with Gasteiger partial charge in [0, 0.05) is 11.5 Å². The van der Waals surface area contributed by atoms with Gasteiger partial charge in [-0.2, -0.15) is 18.2 Å². The Labute approximate surface area is 97.0 Å². The van der Waals surface area contributed by atoms with Crippen molar-refractivity contribution in [3.8, 4) is 5.88 Å². The van der Waals surface area contributed by atoms with Gasteiger partial charge in [0.25, 0.3) is 0 Å². The van der Waals surface area contributed by atoms with E-state index in [1.807, 2.05) is 20.8 Å². The van der Waals surface area contributed by atoms with Gasteiger partial charge in [0.05, 0.1) is 0 Å². The zero-order valence-corrected chi connectivity index (χ0v) is 9.80. The number of aromatic nitrogens is 2. The van der Waals surface area contributed by atoms with Gasteiger partial charge in [0.15, 0.2) is 6.61 Å². The fourth-order valence-corrected chi connectivity index (χ4v) is 1.01. The minimum atomic E-state index is -4.40. The number of nitrogens with two attached hydrogens (primary N) is 1. The average Bonchev–Trinajstić information content (AvgIpc) is 2.11. The van der Waals surface area contributed by atoms with Crippen molar-refractivity contribution in [2.45, 2.75) is 32.4 Å². The smallest absolute Gasteiger partial charge is 0.422 e. The van der Waals surface area contributed by atoms with E-state index in [1.165, 1.54) is 6.07 Å². The highest BCUT2D eigenvalue weighted by Crippen LogP contribution is 2.23. The average molecular weight is 249 g/mol. The Hall–Kier alpha value is -1.53. The summed E-state index contributed by atoms with van der Waals surface area (Å²) in [6, 6.07) is 1.17. The molecule has 1 aromatic heterocycles. The number of alkyl halides is 3. The monoisotopic (exact) mass is 249 g/mol. The molecular formula is C10H14F3N3O. The standard InChI is InChI=1S/C10H14F3N3O/c1-9(2,3)8-15-6(14)4-7(16-8)17-5-10(11,12)13/h4H,5H2,1-3H3,(H2,14,15,16). The van der Waals surface area contributed by atoms with Crippen molar-refractivity contribution in [2.75, 3.05) is 12.3 Å². The lowest BCUT2D eigenvalue weighted by Crippen LogP contribution is -2.22. The van der Waals surface area contributed by atoms with Crippen LogP contribution in [0.2, 0.25) is 0 Å². The highest BCUT2D eigenvalue weighted by molar-refractivity contribution is 5.34. The lowest BCUT2D eigenvalue weighted by molar-refractivity contribution is -0.154. The van der Waals surface area contributed by atoms with E-state index in [1.54, 1.807) is 0 Å². The molecule has 0 aliphatic heterocycles. The lowest BCUT2D eigenvalue weighted by atomic mass is 9.96. The molecule has 0 aromatic carbocycles. The maximum atomic E-state index is 12.0. The molecule has 96 valence electrons. The van der Waals surface area contributed by atoms with E-state index in [-0.39, 0.29) is 11.7 Å². The molecule has 7 heteroatoms. The summed E-state index contributed by atoms with van der Waals surface area (Å²) in [5.74, 6) is 0.261. The van der Waals surface area contributed by atoms with Crippen molar-refractivity contribution in [2.24, 2.45) is 0 Å². The van der Waals surface area contributed by atoms with E-state index in [4.69, 9.17) is 5.73 Å². The third-order valence-electron chi connectivity index (χ3n) is 1.78. The quantitative estimate of drug-likeness (QED) is 0.873. The van der Waals surface area contributed by atoms with Crippen LogP contribution < -0.4 is 10.5 Å². The molecule has 0 aliphatic rings. The normalized spacial score (nSPS) is 12.6. The fourth-order valence-electron chi connectivity index (χ4n) is 1.01. The van der Waals surface area contributed by atoms with E-state index in [0.29, 0.717) is 5.82 Å². The van der Waals surface area contributed by atoms with Crippen LogP contribution in [0, 0.1) is 0 Å². The number of hydrogen-bond donors (Lipinski definition) is 1. The van der Waals surface area contributed by atoms with Gasteiger partial charge in [-0.05, 0) is 0 Å². The van der Waals surface area contributed by atoms with Gasteiger partial charge in [-0.25, -0.2) is 4.98 Å². The van der Waals surface area contributed by atoms with Crippen LogP contribution in [0.4, 0.5) is 19.0 Å². The minimum Gasteiger partial charge on any atom is -0.468 e. The van der Waals surface area contributed by atoms with Gasteiger partial charge in [-0.15, -0.1) is 0 Å². The number of nitrogens with zero attached hydrogens (tertiary/aromatic N) is 2. The molecule has 1 aromatic rings.